The van der Waals surface area contributed by atoms with Gasteiger partial charge < -0.3 is 15.5 Å². The summed E-state index contributed by atoms with van der Waals surface area (Å²) in [6, 6.07) is 17.7. The quantitative estimate of drug-likeness (QED) is 0.641. The Balaban J connectivity index is 1.61. The van der Waals surface area contributed by atoms with Crippen LogP contribution in [0.4, 0.5) is 11.4 Å². The highest BCUT2D eigenvalue weighted by Crippen LogP contribution is 2.29. The van der Waals surface area contributed by atoms with Gasteiger partial charge in [-0.2, -0.15) is 0 Å². The standard InChI is InChI=1S/C25H26N4O2/c1-2-24(30)28-21-9-10-23(29-13-11-19-7-3-4-8-20(19)17-29)22(14-21)25(31)27-16-18-6-5-12-26-15-18/h3-10,12,14-15H,2,11,13,16-17H2,1H3,(H,27,31)(H,28,30). The molecule has 0 atom stereocenters. The van der Waals surface area contributed by atoms with Gasteiger partial charge in [-0.25, -0.2) is 0 Å². The van der Waals surface area contributed by atoms with E-state index in [1.165, 1.54) is 11.1 Å². The van der Waals surface area contributed by atoms with Gasteiger partial charge in [0, 0.05) is 49.8 Å². The SMILES string of the molecule is CCC(=O)Nc1ccc(N2CCc3ccccc3C2)c(C(=O)NCc2cccnc2)c1. The summed E-state index contributed by atoms with van der Waals surface area (Å²) >= 11 is 0. The van der Waals surface area contributed by atoms with Crippen LogP contribution in [0.5, 0.6) is 0 Å². The zero-order valence-electron chi connectivity index (χ0n) is 17.6. The number of nitrogens with zero attached hydrogens (tertiary/aromatic N) is 2. The summed E-state index contributed by atoms with van der Waals surface area (Å²) in [5.41, 5.74) is 5.61. The molecule has 1 aliphatic heterocycles. The van der Waals surface area contributed by atoms with Crippen molar-refractivity contribution in [3.8, 4) is 0 Å². The summed E-state index contributed by atoms with van der Waals surface area (Å²) in [7, 11) is 0. The number of pyridine rings is 1. The number of aromatic nitrogens is 1. The molecule has 0 fully saturated rings. The molecule has 6 nitrogen and oxygen atoms in total. The first-order chi connectivity index (χ1) is 15.1. The third-order valence-corrected chi connectivity index (χ3v) is 5.49. The molecule has 0 saturated heterocycles. The number of anilines is 2. The fraction of sp³-hybridized carbons (Fsp3) is 0.240. The zero-order valence-corrected chi connectivity index (χ0v) is 17.6. The van der Waals surface area contributed by atoms with Crippen molar-refractivity contribution in [1.82, 2.24) is 10.3 Å². The maximum absolute atomic E-state index is 13.2. The molecule has 2 heterocycles. The summed E-state index contributed by atoms with van der Waals surface area (Å²) in [5, 5.41) is 5.85. The van der Waals surface area contributed by atoms with E-state index in [9.17, 15) is 9.59 Å². The number of hydrogen-bond acceptors (Lipinski definition) is 4. The van der Waals surface area contributed by atoms with E-state index in [1.807, 2.05) is 30.3 Å². The molecule has 0 saturated carbocycles. The monoisotopic (exact) mass is 414 g/mol. The predicted molar refractivity (Wildman–Crippen MR) is 122 cm³/mol. The van der Waals surface area contributed by atoms with Crippen LogP contribution in [0.25, 0.3) is 0 Å². The Morgan fingerprint density at radius 3 is 2.68 bits per heavy atom. The highest BCUT2D eigenvalue weighted by Gasteiger charge is 2.22. The van der Waals surface area contributed by atoms with Gasteiger partial charge in [-0.05, 0) is 47.4 Å². The Labute approximate surface area is 182 Å². The number of rotatable bonds is 6. The van der Waals surface area contributed by atoms with Crippen molar-refractivity contribution < 1.29 is 9.59 Å². The first kappa shape index (κ1) is 20.6. The molecule has 0 spiro atoms. The lowest BCUT2D eigenvalue weighted by molar-refractivity contribution is -0.115. The molecule has 158 valence electrons. The maximum atomic E-state index is 13.2. The Morgan fingerprint density at radius 2 is 1.90 bits per heavy atom. The van der Waals surface area contributed by atoms with Gasteiger partial charge in [0.1, 0.15) is 0 Å². The van der Waals surface area contributed by atoms with Crippen molar-refractivity contribution in [2.45, 2.75) is 32.9 Å². The average molecular weight is 415 g/mol. The average Bonchev–Trinajstić information content (AvgIpc) is 2.82. The second-order valence-electron chi connectivity index (χ2n) is 7.62. The van der Waals surface area contributed by atoms with Crippen LogP contribution in [0.2, 0.25) is 0 Å². The topological polar surface area (TPSA) is 74.3 Å². The zero-order chi connectivity index (χ0) is 21.6. The van der Waals surface area contributed by atoms with E-state index < -0.39 is 0 Å². The molecule has 0 radical (unpaired) electrons. The molecule has 1 aliphatic rings. The Morgan fingerprint density at radius 1 is 1.06 bits per heavy atom. The third kappa shape index (κ3) is 4.91. The summed E-state index contributed by atoms with van der Waals surface area (Å²) < 4.78 is 0. The van der Waals surface area contributed by atoms with Crippen LogP contribution >= 0.6 is 0 Å². The fourth-order valence-electron chi connectivity index (χ4n) is 3.80. The van der Waals surface area contributed by atoms with Crippen molar-refractivity contribution in [1.29, 1.82) is 0 Å². The van der Waals surface area contributed by atoms with Crippen molar-refractivity contribution in [2.75, 3.05) is 16.8 Å². The van der Waals surface area contributed by atoms with Gasteiger partial charge in [0.25, 0.3) is 5.91 Å². The molecule has 0 unspecified atom stereocenters. The third-order valence-electron chi connectivity index (χ3n) is 5.49. The van der Waals surface area contributed by atoms with Crippen LogP contribution in [0.3, 0.4) is 0 Å². The minimum Gasteiger partial charge on any atom is -0.366 e. The molecule has 4 rings (SSSR count). The van der Waals surface area contributed by atoms with Gasteiger partial charge in [0.15, 0.2) is 0 Å². The van der Waals surface area contributed by atoms with Gasteiger partial charge >= 0.3 is 0 Å². The van der Waals surface area contributed by atoms with E-state index in [2.05, 4.69) is 38.7 Å². The number of amides is 2. The number of benzene rings is 2. The number of hydrogen-bond donors (Lipinski definition) is 2. The van der Waals surface area contributed by atoms with E-state index in [1.54, 1.807) is 25.4 Å². The highest BCUT2D eigenvalue weighted by atomic mass is 16.2. The minimum absolute atomic E-state index is 0.0821. The predicted octanol–water partition coefficient (Wildman–Crippen LogP) is 3.92. The van der Waals surface area contributed by atoms with E-state index in [-0.39, 0.29) is 11.8 Å². The second-order valence-corrected chi connectivity index (χ2v) is 7.62. The molecular formula is C25H26N4O2. The minimum atomic E-state index is -0.176. The van der Waals surface area contributed by atoms with E-state index >= 15 is 0 Å². The normalized spacial score (nSPS) is 12.7. The molecule has 6 heteroatoms. The Hall–Kier alpha value is -3.67. The number of fused-ring (bicyclic) bond motifs is 1. The number of carbonyl (C=O) groups excluding carboxylic acids is 2. The lowest BCUT2D eigenvalue weighted by atomic mass is 9.98. The van der Waals surface area contributed by atoms with Crippen molar-refractivity contribution in [3.05, 3.63) is 89.2 Å². The molecule has 2 N–H and O–H groups in total. The van der Waals surface area contributed by atoms with Gasteiger partial charge in [-0.3, -0.25) is 14.6 Å². The number of nitrogens with one attached hydrogen (secondary N) is 2. The van der Waals surface area contributed by atoms with Gasteiger partial charge in [0.05, 0.1) is 5.56 Å². The van der Waals surface area contributed by atoms with Crippen molar-refractivity contribution in [2.24, 2.45) is 0 Å². The first-order valence-corrected chi connectivity index (χ1v) is 10.6. The van der Waals surface area contributed by atoms with E-state index in [4.69, 9.17) is 0 Å². The van der Waals surface area contributed by atoms with E-state index in [0.717, 1.165) is 30.8 Å². The maximum Gasteiger partial charge on any atom is 0.253 e. The molecule has 3 aromatic rings. The summed E-state index contributed by atoms with van der Waals surface area (Å²) in [5.74, 6) is -0.258. The summed E-state index contributed by atoms with van der Waals surface area (Å²) in [6.07, 6.45) is 4.76. The van der Waals surface area contributed by atoms with Crippen molar-refractivity contribution >= 4 is 23.2 Å². The van der Waals surface area contributed by atoms with Crippen molar-refractivity contribution in [3.63, 3.8) is 0 Å². The lowest BCUT2D eigenvalue weighted by Gasteiger charge is -2.32. The molecule has 0 bridgehead atoms. The van der Waals surface area contributed by atoms with Crippen LogP contribution < -0.4 is 15.5 Å². The molecular weight excluding hydrogens is 388 g/mol. The van der Waals surface area contributed by atoms with Gasteiger partial charge in [-0.15, -0.1) is 0 Å². The molecule has 2 aromatic carbocycles. The van der Waals surface area contributed by atoms with E-state index in [0.29, 0.717) is 24.2 Å². The first-order valence-electron chi connectivity index (χ1n) is 10.6. The molecule has 0 aliphatic carbocycles. The summed E-state index contributed by atoms with van der Waals surface area (Å²) in [6.45, 7) is 3.77. The van der Waals surface area contributed by atoms with Crippen LogP contribution in [0, 0.1) is 0 Å². The largest absolute Gasteiger partial charge is 0.366 e. The fourth-order valence-corrected chi connectivity index (χ4v) is 3.80. The smallest absolute Gasteiger partial charge is 0.253 e. The van der Waals surface area contributed by atoms with Gasteiger partial charge in [-0.1, -0.05) is 37.3 Å². The molecule has 1 aromatic heterocycles. The second kappa shape index (κ2) is 9.43. The highest BCUT2D eigenvalue weighted by molar-refractivity contribution is 6.02. The summed E-state index contributed by atoms with van der Waals surface area (Å²) in [4.78, 5) is 31.4. The lowest BCUT2D eigenvalue weighted by Crippen LogP contribution is -2.33. The van der Waals surface area contributed by atoms with Gasteiger partial charge in [0.2, 0.25) is 5.91 Å². The van der Waals surface area contributed by atoms with Crippen LogP contribution in [-0.4, -0.2) is 23.3 Å². The van der Waals surface area contributed by atoms with Crippen LogP contribution in [0.15, 0.2) is 67.0 Å². The molecule has 31 heavy (non-hydrogen) atoms. The van der Waals surface area contributed by atoms with Crippen LogP contribution in [0.1, 0.15) is 40.4 Å². The Kier molecular flexibility index (Phi) is 6.26. The molecule has 2 amide bonds. The Bertz CT molecular complexity index is 1080. The van der Waals surface area contributed by atoms with Crippen LogP contribution in [-0.2, 0) is 24.3 Å². The number of carbonyl (C=O) groups is 2.